The van der Waals surface area contributed by atoms with Gasteiger partial charge in [0.15, 0.2) is 0 Å². The second-order valence-corrected chi connectivity index (χ2v) is 5.45. The van der Waals surface area contributed by atoms with Gasteiger partial charge in [-0.3, -0.25) is 0 Å². The van der Waals surface area contributed by atoms with Gasteiger partial charge in [-0.25, -0.2) is 0 Å². The molecule has 1 N–H and O–H groups in total. The maximum Gasteiger partial charge on any atom is 0.416 e. The normalized spacial score (nSPS) is 19.4. The van der Waals surface area contributed by atoms with Crippen LogP contribution in [0.1, 0.15) is 42.4 Å². The summed E-state index contributed by atoms with van der Waals surface area (Å²) in [4.78, 5) is 0. The standard InChI is InChI=1S/C15H20F3N/c1-10-3-4-13(9-14(10)15(16,17)18)11(2)12-5-7-19-8-6-12/h3-4,9,11-12,19H,5-8H2,1-2H3. The Morgan fingerprint density at radius 1 is 1.21 bits per heavy atom. The lowest BCUT2D eigenvalue weighted by Gasteiger charge is -2.29. The highest BCUT2D eigenvalue weighted by molar-refractivity contribution is 5.35. The van der Waals surface area contributed by atoms with E-state index in [1.165, 1.54) is 13.0 Å². The first kappa shape index (κ1) is 14.4. The van der Waals surface area contributed by atoms with E-state index in [4.69, 9.17) is 0 Å². The fourth-order valence-electron chi connectivity index (χ4n) is 2.84. The number of nitrogens with one attached hydrogen (secondary N) is 1. The molecule has 106 valence electrons. The molecule has 1 unspecified atom stereocenters. The largest absolute Gasteiger partial charge is 0.416 e. The summed E-state index contributed by atoms with van der Waals surface area (Å²) in [6, 6.07) is 4.77. The molecule has 0 saturated carbocycles. The molecule has 1 atom stereocenters. The lowest BCUT2D eigenvalue weighted by atomic mass is 9.81. The van der Waals surface area contributed by atoms with Gasteiger partial charge in [-0.1, -0.05) is 19.1 Å². The molecule has 0 aliphatic carbocycles. The molecule has 0 spiro atoms. The molecule has 1 aromatic carbocycles. The number of benzene rings is 1. The van der Waals surface area contributed by atoms with Crippen LogP contribution in [0.15, 0.2) is 18.2 Å². The zero-order valence-corrected chi connectivity index (χ0v) is 11.3. The molecule has 0 bridgehead atoms. The van der Waals surface area contributed by atoms with Crippen molar-refractivity contribution in [2.24, 2.45) is 5.92 Å². The van der Waals surface area contributed by atoms with E-state index in [9.17, 15) is 13.2 Å². The van der Waals surface area contributed by atoms with Crippen LogP contribution in [0, 0.1) is 12.8 Å². The summed E-state index contributed by atoms with van der Waals surface area (Å²) in [6.45, 7) is 5.49. The average Bonchev–Trinajstić information content (AvgIpc) is 2.38. The SMILES string of the molecule is Cc1ccc(C(C)C2CCNCC2)cc1C(F)(F)F. The topological polar surface area (TPSA) is 12.0 Å². The summed E-state index contributed by atoms with van der Waals surface area (Å²) in [5, 5.41) is 3.29. The van der Waals surface area contributed by atoms with Gasteiger partial charge in [0.2, 0.25) is 0 Å². The van der Waals surface area contributed by atoms with Gasteiger partial charge >= 0.3 is 6.18 Å². The highest BCUT2D eigenvalue weighted by Crippen LogP contribution is 2.36. The Bertz CT molecular complexity index is 434. The van der Waals surface area contributed by atoms with Gasteiger partial charge < -0.3 is 5.32 Å². The third-order valence-electron chi connectivity index (χ3n) is 4.18. The Morgan fingerprint density at radius 2 is 1.84 bits per heavy atom. The van der Waals surface area contributed by atoms with Crippen LogP contribution in [0.2, 0.25) is 0 Å². The van der Waals surface area contributed by atoms with Crippen LogP contribution in [-0.2, 0) is 6.18 Å². The number of rotatable bonds is 2. The Hall–Kier alpha value is -1.03. The van der Waals surface area contributed by atoms with Crippen LogP contribution in [0.5, 0.6) is 0 Å². The van der Waals surface area contributed by atoms with E-state index in [2.05, 4.69) is 5.32 Å². The van der Waals surface area contributed by atoms with E-state index in [0.29, 0.717) is 11.5 Å². The predicted octanol–water partition coefficient (Wildman–Crippen LogP) is 4.12. The molecule has 2 rings (SSSR count). The third-order valence-corrected chi connectivity index (χ3v) is 4.18. The van der Waals surface area contributed by atoms with Gasteiger partial charge in [0.05, 0.1) is 5.56 Å². The van der Waals surface area contributed by atoms with Gasteiger partial charge in [0.1, 0.15) is 0 Å². The smallest absolute Gasteiger partial charge is 0.317 e. The number of aryl methyl sites for hydroxylation is 1. The second kappa shape index (κ2) is 5.53. The molecule has 1 nitrogen and oxygen atoms in total. The van der Waals surface area contributed by atoms with Gasteiger partial charge in [0, 0.05) is 0 Å². The van der Waals surface area contributed by atoms with Crippen LogP contribution in [0.4, 0.5) is 13.2 Å². The quantitative estimate of drug-likeness (QED) is 0.853. The van der Waals surface area contributed by atoms with E-state index >= 15 is 0 Å². The van der Waals surface area contributed by atoms with Crippen molar-refractivity contribution in [2.75, 3.05) is 13.1 Å². The number of alkyl halides is 3. The average molecular weight is 271 g/mol. The van der Waals surface area contributed by atoms with Crippen molar-refractivity contribution in [3.63, 3.8) is 0 Å². The molecule has 1 aliphatic rings. The van der Waals surface area contributed by atoms with Gasteiger partial charge in [-0.15, -0.1) is 0 Å². The van der Waals surface area contributed by atoms with Crippen LogP contribution in [0.25, 0.3) is 0 Å². The summed E-state index contributed by atoms with van der Waals surface area (Å²) in [6.07, 6.45) is -2.18. The fourth-order valence-corrected chi connectivity index (χ4v) is 2.84. The van der Waals surface area contributed by atoms with Crippen molar-refractivity contribution in [1.82, 2.24) is 5.32 Å². The Morgan fingerprint density at radius 3 is 2.42 bits per heavy atom. The second-order valence-electron chi connectivity index (χ2n) is 5.45. The van der Waals surface area contributed by atoms with Crippen LogP contribution in [-0.4, -0.2) is 13.1 Å². The lowest BCUT2D eigenvalue weighted by Crippen LogP contribution is -2.30. The van der Waals surface area contributed by atoms with E-state index in [0.717, 1.165) is 31.5 Å². The fraction of sp³-hybridized carbons (Fsp3) is 0.600. The summed E-state index contributed by atoms with van der Waals surface area (Å²) in [5.74, 6) is 0.661. The van der Waals surface area contributed by atoms with E-state index in [1.54, 1.807) is 6.07 Å². The highest BCUT2D eigenvalue weighted by atomic mass is 19.4. The first-order valence-electron chi connectivity index (χ1n) is 6.78. The number of hydrogen-bond acceptors (Lipinski definition) is 1. The molecule has 0 aromatic heterocycles. The first-order chi connectivity index (χ1) is 8.89. The molecule has 1 aromatic rings. The zero-order valence-electron chi connectivity index (χ0n) is 11.3. The molecule has 19 heavy (non-hydrogen) atoms. The molecule has 4 heteroatoms. The maximum absolute atomic E-state index is 12.9. The van der Waals surface area contributed by atoms with Crippen LogP contribution in [0.3, 0.4) is 0 Å². The minimum Gasteiger partial charge on any atom is -0.317 e. The van der Waals surface area contributed by atoms with Crippen LogP contribution >= 0.6 is 0 Å². The van der Waals surface area contributed by atoms with Gasteiger partial charge in [-0.05, 0) is 61.9 Å². The first-order valence-corrected chi connectivity index (χ1v) is 6.78. The summed E-state index contributed by atoms with van der Waals surface area (Å²) < 4.78 is 38.8. The molecule has 1 fully saturated rings. The van der Waals surface area contributed by atoms with Crippen molar-refractivity contribution < 1.29 is 13.2 Å². The molecule has 1 saturated heterocycles. The minimum absolute atomic E-state index is 0.184. The van der Waals surface area contributed by atoms with Crippen molar-refractivity contribution in [1.29, 1.82) is 0 Å². The van der Waals surface area contributed by atoms with Crippen molar-refractivity contribution in [3.05, 3.63) is 34.9 Å². The molecule has 1 aliphatic heterocycles. The van der Waals surface area contributed by atoms with Crippen molar-refractivity contribution in [2.45, 2.75) is 38.8 Å². The van der Waals surface area contributed by atoms with E-state index in [-0.39, 0.29) is 5.92 Å². The number of hydrogen-bond donors (Lipinski definition) is 1. The van der Waals surface area contributed by atoms with Crippen LogP contribution < -0.4 is 5.32 Å². The van der Waals surface area contributed by atoms with E-state index < -0.39 is 11.7 Å². The van der Waals surface area contributed by atoms with Crippen molar-refractivity contribution in [3.8, 4) is 0 Å². The molecular formula is C15H20F3N. The maximum atomic E-state index is 12.9. The Labute approximate surface area is 112 Å². The molecule has 0 radical (unpaired) electrons. The van der Waals surface area contributed by atoms with Gasteiger partial charge in [-0.2, -0.15) is 13.2 Å². The molecular weight excluding hydrogens is 251 g/mol. The Balaban J connectivity index is 2.24. The predicted molar refractivity (Wildman–Crippen MR) is 70.2 cm³/mol. The third kappa shape index (κ3) is 3.30. The summed E-state index contributed by atoms with van der Waals surface area (Å²) in [7, 11) is 0. The Kier molecular flexibility index (Phi) is 4.19. The lowest BCUT2D eigenvalue weighted by molar-refractivity contribution is -0.138. The number of piperidine rings is 1. The highest BCUT2D eigenvalue weighted by Gasteiger charge is 2.33. The summed E-state index contributed by atoms with van der Waals surface area (Å²) >= 11 is 0. The van der Waals surface area contributed by atoms with Gasteiger partial charge in [0.25, 0.3) is 0 Å². The minimum atomic E-state index is -4.26. The number of halogens is 3. The summed E-state index contributed by atoms with van der Waals surface area (Å²) in [5.41, 5.74) is 0.615. The van der Waals surface area contributed by atoms with Crippen molar-refractivity contribution >= 4 is 0 Å². The molecule has 1 heterocycles. The zero-order chi connectivity index (χ0) is 14.0. The monoisotopic (exact) mass is 271 g/mol. The molecule has 0 amide bonds. The van der Waals surface area contributed by atoms with E-state index in [1.807, 2.05) is 13.0 Å².